The van der Waals surface area contributed by atoms with E-state index in [4.69, 9.17) is 10.3 Å². The second-order valence-corrected chi connectivity index (χ2v) is 5.69. The van der Waals surface area contributed by atoms with E-state index in [0.717, 1.165) is 12.3 Å². The number of oxime groups is 1. The van der Waals surface area contributed by atoms with Crippen molar-refractivity contribution in [1.29, 1.82) is 0 Å². The molecule has 0 saturated carbocycles. The van der Waals surface area contributed by atoms with Crippen LogP contribution in [0, 0.1) is 5.82 Å². The lowest BCUT2D eigenvalue weighted by Gasteiger charge is -2.14. The van der Waals surface area contributed by atoms with Gasteiger partial charge >= 0.3 is 0 Å². The van der Waals surface area contributed by atoms with Gasteiger partial charge in [-0.3, -0.25) is 0 Å². The quantitative estimate of drug-likeness (QED) is 0.467. The smallest absolute Gasteiger partial charge is 0.158 e. The van der Waals surface area contributed by atoms with Gasteiger partial charge in [0.1, 0.15) is 16.8 Å². The Kier molecular flexibility index (Phi) is 4.19. The minimum Gasteiger partial charge on any atom is -0.411 e. The number of benzene rings is 1. The van der Waals surface area contributed by atoms with E-state index in [1.807, 2.05) is 0 Å². The van der Waals surface area contributed by atoms with Gasteiger partial charge in [-0.1, -0.05) is 23.4 Å². The molecular formula is C10H12FNO4S. The molecule has 1 unspecified atom stereocenters. The first-order chi connectivity index (χ1) is 7.91. The zero-order valence-corrected chi connectivity index (χ0v) is 9.85. The molecule has 1 aromatic carbocycles. The highest BCUT2D eigenvalue weighted by Gasteiger charge is 2.29. The summed E-state index contributed by atoms with van der Waals surface area (Å²) in [5, 5.41) is 19.2. The predicted octanol–water partition coefficient (Wildman–Crippen LogP) is 0.409. The maximum Gasteiger partial charge on any atom is 0.158 e. The van der Waals surface area contributed by atoms with E-state index in [0.29, 0.717) is 0 Å². The molecule has 0 aromatic heterocycles. The van der Waals surface area contributed by atoms with Crippen LogP contribution >= 0.6 is 0 Å². The van der Waals surface area contributed by atoms with E-state index in [2.05, 4.69) is 5.16 Å². The number of halogens is 1. The van der Waals surface area contributed by atoms with Gasteiger partial charge in [-0.25, -0.2) is 12.8 Å². The molecule has 1 atom stereocenters. The highest BCUT2D eigenvalue weighted by Crippen LogP contribution is 2.14. The average molecular weight is 261 g/mol. The zero-order chi connectivity index (χ0) is 13.1. The first kappa shape index (κ1) is 13.6. The van der Waals surface area contributed by atoms with Crippen LogP contribution in [0.5, 0.6) is 0 Å². The van der Waals surface area contributed by atoms with Crippen LogP contribution in [-0.4, -0.2) is 42.6 Å². The Bertz CT molecular complexity index is 527. The first-order valence-corrected chi connectivity index (χ1v) is 6.63. The van der Waals surface area contributed by atoms with Crippen molar-refractivity contribution in [2.45, 2.75) is 5.25 Å². The summed E-state index contributed by atoms with van der Waals surface area (Å²) >= 11 is 0. The summed E-state index contributed by atoms with van der Waals surface area (Å²) in [5.41, 5.74) is -0.562. The number of rotatable bonds is 4. The van der Waals surface area contributed by atoms with Gasteiger partial charge in [0.15, 0.2) is 9.84 Å². The minimum atomic E-state index is -3.70. The summed E-state index contributed by atoms with van der Waals surface area (Å²) in [6.45, 7) is -0.785. The molecule has 0 aliphatic heterocycles. The Hall–Kier alpha value is -1.47. The summed E-state index contributed by atoms with van der Waals surface area (Å²) in [7, 11) is -3.70. The third-order valence-corrected chi connectivity index (χ3v) is 3.65. The van der Waals surface area contributed by atoms with Crippen LogP contribution in [0.4, 0.5) is 4.39 Å². The Morgan fingerprint density at radius 3 is 2.47 bits per heavy atom. The van der Waals surface area contributed by atoms with Crippen molar-refractivity contribution >= 4 is 15.5 Å². The van der Waals surface area contributed by atoms with Crippen LogP contribution in [-0.2, 0) is 9.84 Å². The van der Waals surface area contributed by atoms with E-state index in [1.165, 1.54) is 18.2 Å². The fraction of sp³-hybridized carbons (Fsp3) is 0.300. The lowest BCUT2D eigenvalue weighted by molar-refractivity contribution is 0.296. The van der Waals surface area contributed by atoms with Gasteiger partial charge in [0.2, 0.25) is 0 Å². The second kappa shape index (κ2) is 5.24. The fourth-order valence-electron chi connectivity index (χ4n) is 1.39. The number of hydrogen-bond acceptors (Lipinski definition) is 5. The molecule has 94 valence electrons. The molecule has 0 fully saturated rings. The molecule has 1 aromatic rings. The maximum absolute atomic E-state index is 13.4. The number of aliphatic hydroxyl groups is 1. The molecule has 0 saturated heterocycles. The Balaban J connectivity index is 3.31. The van der Waals surface area contributed by atoms with Gasteiger partial charge < -0.3 is 10.3 Å². The van der Waals surface area contributed by atoms with Crippen molar-refractivity contribution in [1.82, 2.24) is 0 Å². The van der Waals surface area contributed by atoms with Crippen LogP contribution in [0.2, 0.25) is 0 Å². The number of aliphatic hydroxyl groups excluding tert-OH is 1. The van der Waals surface area contributed by atoms with Crippen molar-refractivity contribution in [2.75, 3.05) is 12.9 Å². The predicted molar refractivity (Wildman–Crippen MR) is 60.4 cm³/mol. The minimum absolute atomic E-state index is 0.153. The van der Waals surface area contributed by atoms with Gasteiger partial charge in [-0.2, -0.15) is 0 Å². The van der Waals surface area contributed by atoms with Crippen molar-refractivity contribution in [3.63, 3.8) is 0 Å². The Morgan fingerprint density at radius 2 is 2.06 bits per heavy atom. The molecule has 0 heterocycles. The Labute approximate surface area is 98.1 Å². The highest BCUT2D eigenvalue weighted by molar-refractivity contribution is 7.92. The van der Waals surface area contributed by atoms with E-state index < -0.39 is 33.2 Å². The maximum atomic E-state index is 13.4. The first-order valence-electron chi connectivity index (χ1n) is 4.68. The topological polar surface area (TPSA) is 87.0 Å². The van der Waals surface area contributed by atoms with Gasteiger partial charge in [-0.15, -0.1) is 0 Å². The standard InChI is InChI=1S/C10H12FNO4S/c1-17(15,16)9(6-13)10(12-14)7-4-2-3-5-8(7)11/h2-5,9,13-14H,6H2,1H3/b12-10+. The third-order valence-electron chi connectivity index (χ3n) is 2.25. The lowest BCUT2D eigenvalue weighted by atomic mass is 10.1. The summed E-state index contributed by atoms with van der Waals surface area (Å²) < 4.78 is 36.2. The van der Waals surface area contributed by atoms with Crippen LogP contribution in [0.25, 0.3) is 0 Å². The Morgan fingerprint density at radius 1 is 1.47 bits per heavy atom. The van der Waals surface area contributed by atoms with E-state index in [9.17, 15) is 12.8 Å². The molecule has 7 heteroatoms. The SMILES string of the molecule is CS(=O)(=O)C(CO)/C(=N/O)c1ccccc1F. The van der Waals surface area contributed by atoms with Crippen LogP contribution in [0.3, 0.4) is 0 Å². The zero-order valence-electron chi connectivity index (χ0n) is 9.04. The van der Waals surface area contributed by atoms with E-state index >= 15 is 0 Å². The second-order valence-electron chi connectivity index (χ2n) is 3.47. The fourth-order valence-corrected chi connectivity index (χ4v) is 2.24. The van der Waals surface area contributed by atoms with Gasteiger partial charge in [0.25, 0.3) is 0 Å². The molecular weight excluding hydrogens is 249 g/mol. The van der Waals surface area contributed by atoms with E-state index in [-0.39, 0.29) is 5.56 Å². The van der Waals surface area contributed by atoms with Gasteiger partial charge in [0, 0.05) is 11.8 Å². The summed E-state index contributed by atoms with van der Waals surface area (Å²) in [5.74, 6) is -0.720. The molecule has 0 aliphatic carbocycles. The molecule has 0 radical (unpaired) electrons. The van der Waals surface area contributed by atoms with Crippen molar-refractivity contribution < 1.29 is 23.1 Å². The van der Waals surface area contributed by atoms with Crippen molar-refractivity contribution in [2.24, 2.45) is 5.16 Å². The molecule has 5 nitrogen and oxygen atoms in total. The number of nitrogens with zero attached hydrogens (tertiary/aromatic N) is 1. The molecule has 0 amide bonds. The number of sulfone groups is 1. The third kappa shape index (κ3) is 3.01. The highest BCUT2D eigenvalue weighted by atomic mass is 32.2. The van der Waals surface area contributed by atoms with E-state index in [1.54, 1.807) is 0 Å². The van der Waals surface area contributed by atoms with Gasteiger partial charge in [-0.05, 0) is 6.07 Å². The molecule has 2 N–H and O–H groups in total. The molecule has 1 rings (SSSR count). The molecule has 0 aliphatic rings. The number of hydrogen-bond donors (Lipinski definition) is 2. The van der Waals surface area contributed by atoms with Crippen LogP contribution < -0.4 is 0 Å². The molecule has 0 bridgehead atoms. The summed E-state index contributed by atoms with van der Waals surface area (Å²) in [6.07, 6.45) is 0.875. The largest absolute Gasteiger partial charge is 0.411 e. The van der Waals surface area contributed by atoms with Crippen LogP contribution in [0.1, 0.15) is 5.56 Å². The van der Waals surface area contributed by atoms with Crippen molar-refractivity contribution in [3.05, 3.63) is 35.6 Å². The molecule has 17 heavy (non-hydrogen) atoms. The lowest BCUT2D eigenvalue weighted by Crippen LogP contribution is -2.34. The summed E-state index contributed by atoms with van der Waals surface area (Å²) in [4.78, 5) is 0. The molecule has 0 spiro atoms. The van der Waals surface area contributed by atoms with Crippen molar-refractivity contribution in [3.8, 4) is 0 Å². The monoisotopic (exact) mass is 261 g/mol. The summed E-state index contributed by atoms with van der Waals surface area (Å²) in [6, 6.07) is 5.28. The van der Waals surface area contributed by atoms with Crippen LogP contribution in [0.15, 0.2) is 29.4 Å². The normalized spacial score (nSPS) is 14.6. The van der Waals surface area contributed by atoms with Gasteiger partial charge in [0.05, 0.1) is 6.61 Å². The average Bonchev–Trinajstić information content (AvgIpc) is 2.25.